The van der Waals surface area contributed by atoms with Crippen LogP contribution in [0.5, 0.6) is 0 Å². The molecule has 0 aromatic heterocycles. The van der Waals surface area contributed by atoms with E-state index in [2.05, 4.69) is 19.2 Å². The van der Waals surface area contributed by atoms with Crippen molar-refractivity contribution in [2.24, 2.45) is 5.92 Å². The van der Waals surface area contributed by atoms with Crippen LogP contribution in [0.15, 0.2) is 12.1 Å². The normalized spacial score (nSPS) is 23.6. The van der Waals surface area contributed by atoms with E-state index in [9.17, 15) is 4.39 Å². The van der Waals surface area contributed by atoms with E-state index in [0.717, 1.165) is 30.0 Å². The Bertz CT molecular complexity index is 419. The first kappa shape index (κ1) is 13.9. The molecule has 0 saturated heterocycles. The van der Waals surface area contributed by atoms with E-state index < -0.39 is 0 Å². The fourth-order valence-electron chi connectivity index (χ4n) is 2.63. The van der Waals surface area contributed by atoms with Gasteiger partial charge in [0.1, 0.15) is 5.82 Å². The van der Waals surface area contributed by atoms with Crippen LogP contribution in [0.25, 0.3) is 0 Å². The van der Waals surface area contributed by atoms with Crippen LogP contribution in [0.4, 0.5) is 4.39 Å². The van der Waals surface area contributed by atoms with E-state index >= 15 is 0 Å². The minimum absolute atomic E-state index is 0.103. The van der Waals surface area contributed by atoms with Gasteiger partial charge in [-0.05, 0) is 60.4 Å². The highest BCUT2D eigenvalue weighted by atomic mass is 32.2. The Morgan fingerprint density at radius 3 is 2.94 bits per heavy atom. The Morgan fingerprint density at radius 1 is 1.44 bits per heavy atom. The molecule has 0 spiro atoms. The zero-order valence-electron chi connectivity index (χ0n) is 11.4. The Kier molecular flexibility index (Phi) is 4.68. The van der Waals surface area contributed by atoms with Gasteiger partial charge in [0, 0.05) is 11.8 Å². The van der Waals surface area contributed by atoms with Crippen LogP contribution in [0.3, 0.4) is 0 Å². The lowest BCUT2D eigenvalue weighted by molar-refractivity contribution is 0.417. The largest absolute Gasteiger partial charge is 0.310 e. The second kappa shape index (κ2) is 6.07. The fraction of sp³-hybridized carbons (Fsp3) is 0.600. The third-order valence-corrected chi connectivity index (χ3v) is 4.87. The minimum atomic E-state index is -0.103. The van der Waals surface area contributed by atoms with Crippen molar-refractivity contribution in [1.82, 2.24) is 5.32 Å². The second-order valence-corrected chi connectivity index (χ2v) is 6.24. The third kappa shape index (κ3) is 2.89. The highest BCUT2D eigenvalue weighted by molar-refractivity contribution is 7.98. The first-order chi connectivity index (χ1) is 8.63. The van der Waals surface area contributed by atoms with E-state index in [0.29, 0.717) is 12.0 Å². The molecule has 3 heteroatoms. The molecule has 2 atom stereocenters. The molecule has 18 heavy (non-hydrogen) atoms. The highest BCUT2D eigenvalue weighted by Gasteiger charge is 2.26. The van der Waals surface area contributed by atoms with Gasteiger partial charge >= 0.3 is 0 Å². The molecule has 1 N–H and O–H groups in total. The van der Waals surface area contributed by atoms with E-state index in [4.69, 9.17) is 0 Å². The highest BCUT2D eigenvalue weighted by Crippen LogP contribution is 2.36. The fourth-order valence-corrected chi connectivity index (χ4v) is 3.91. The van der Waals surface area contributed by atoms with Crippen LogP contribution < -0.4 is 5.32 Å². The summed E-state index contributed by atoms with van der Waals surface area (Å²) in [5, 5.41) is 3.59. The van der Waals surface area contributed by atoms with Gasteiger partial charge in [0.2, 0.25) is 0 Å². The molecule has 1 heterocycles. The molecule has 1 aliphatic heterocycles. The summed E-state index contributed by atoms with van der Waals surface area (Å²) in [5.74, 6) is 2.59. The van der Waals surface area contributed by atoms with E-state index in [1.165, 1.54) is 11.1 Å². The Morgan fingerprint density at radius 2 is 2.22 bits per heavy atom. The molecule has 2 rings (SSSR count). The molecule has 100 valence electrons. The predicted molar refractivity (Wildman–Crippen MR) is 77.5 cm³/mol. The molecule has 1 aliphatic rings. The summed E-state index contributed by atoms with van der Waals surface area (Å²) < 4.78 is 13.7. The SMILES string of the molecule is CCCNC1c2cc(F)cc(C)c2CSCC1C. The van der Waals surface area contributed by atoms with Crippen molar-refractivity contribution in [1.29, 1.82) is 0 Å². The Labute approximate surface area is 114 Å². The van der Waals surface area contributed by atoms with E-state index in [1.807, 2.05) is 18.7 Å². The number of fused-ring (bicyclic) bond motifs is 1. The zero-order chi connectivity index (χ0) is 13.1. The van der Waals surface area contributed by atoms with Gasteiger partial charge < -0.3 is 5.32 Å². The number of nitrogens with one attached hydrogen (secondary N) is 1. The maximum Gasteiger partial charge on any atom is 0.123 e. The molecule has 0 radical (unpaired) electrons. The molecular formula is C15H22FNS. The smallest absolute Gasteiger partial charge is 0.123 e. The lowest BCUT2D eigenvalue weighted by Crippen LogP contribution is -2.29. The minimum Gasteiger partial charge on any atom is -0.310 e. The number of halogens is 1. The first-order valence-corrected chi connectivity index (χ1v) is 7.89. The average molecular weight is 267 g/mol. The van der Waals surface area contributed by atoms with Gasteiger partial charge in [-0.3, -0.25) is 0 Å². The molecule has 2 unspecified atom stereocenters. The Hall–Kier alpha value is -0.540. The van der Waals surface area contributed by atoms with Crippen LogP contribution in [0, 0.1) is 18.7 Å². The predicted octanol–water partition coefficient (Wildman–Crippen LogP) is 4.06. The maximum absolute atomic E-state index is 13.7. The lowest BCUT2D eigenvalue weighted by atomic mass is 9.90. The van der Waals surface area contributed by atoms with Crippen LogP contribution in [0.1, 0.15) is 43.0 Å². The van der Waals surface area contributed by atoms with Crippen molar-refractivity contribution in [2.45, 2.75) is 39.0 Å². The van der Waals surface area contributed by atoms with Crippen molar-refractivity contribution in [3.05, 3.63) is 34.6 Å². The van der Waals surface area contributed by atoms with Gasteiger partial charge in [-0.25, -0.2) is 4.39 Å². The molecule has 0 bridgehead atoms. The van der Waals surface area contributed by atoms with Crippen molar-refractivity contribution in [3.63, 3.8) is 0 Å². The quantitative estimate of drug-likeness (QED) is 0.886. The monoisotopic (exact) mass is 267 g/mol. The van der Waals surface area contributed by atoms with Gasteiger partial charge in [0.05, 0.1) is 0 Å². The number of benzene rings is 1. The van der Waals surface area contributed by atoms with E-state index in [1.54, 1.807) is 12.1 Å². The summed E-state index contributed by atoms with van der Waals surface area (Å²) in [7, 11) is 0. The van der Waals surface area contributed by atoms with Gasteiger partial charge in [0.15, 0.2) is 0 Å². The summed E-state index contributed by atoms with van der Waals surface area (Å²) in [5.41, 5.74) is 3.60. The van der Waals surface area contributed by atoms with Crippen LogP contribution >= 0.6 is 11.8 Å². The number of aryl methyl sites for hydroxylation is 1. The van der Waals surface area contributed by atoms with Gasteiger partial charge in [-0.15, -0.1) is 0 Å². The molecule has 0 amide bonds. The van der Waals surface area contributed by atoms with Crippen molar-refractivity contribution < 1.29 is 4.39 Å². The van der Waals surface area contributed by atoms with Crippen LogP contribution in [0.2, 0.25) is 0 Å². The first-order valence-electron chi connectivity index (χ1n) is 6.73. The summed E-state index contributed by atoms with van der Waals surface area (Å²) in [6.07, 6.45) is 1.11. The molecule has 0 aliphatic carbocycles. The average Bonchev–Trinajstić information content (AvgIpc) is 2.46. The van der Waals surface area contributed by atoms with Crippen molar-refractivity contribution >= 4 is 11.8 Å². The molecule has 0 fully saturated rings. The summed E-state index contributed by atoms with van der Waals surface area (Å²) >= 11 is 1.96. The standard InChI is InChI=1S/C15H22FNS/c1-4-5-17-15-11(3)8-18-9-14-10(2)6-12(16)7-13(14)15/h6-7,11,15,17H,4-5,8-9H2,1-3H3. The van der Waals surface area contributed by atoms with Crippen LogP contribution in [-0.4, -0.2) is 12.3 Å². The summed E-state index contributed by atoms with van der Waals surface area (Å²) in [6, 6.07) is 3.69. The molecule has 1 nitrogen and oxygen atoms in total. The van der Waals surface area contributed by atoms with Gasteiger partial charge in [-0.2, -0.15) is 11.8 Å². The summed E-state index contributed by atoms with van der Waals surface area (Å²) in [4.78, 5) is 0. The molecule has 0 saturated carbocycles. The number of hydrogen-bond acceptors (Lipinski definition) is 2. The molecule has 1 aromatic rings. The van der Waals surface area contributed by atoms with Gasteiger partial charge in [0.25, 0.3) is 0 Å². The zero-order valence-corrected chi connectivity index (χ0v) is 12.2. The lowest BCUT2D eigenvalue weighted by Gasteiger charge is -2.25. The van der Waals surface area contributed by atoms with Crippen molar-refractivity contribution in [2.75, 3.05) is 12.3 Å². The number of hydrogen-bond donors (Lipinski definition) is 1. The third-order valence-electron chi connectivity index (χ3n) is 3.62. The number of rotatable bonds is 3. The van der Waals surface area contributed by atoms with Gasteiger partial charge in [-0.1, -0.05) is 13.8 Å². The molecule has 1 aromatic carbocycles. The molecular weight excluding hydrogens is 245 g/mol. The van der Waals surface area contributed by atoms with Crippen molar-refractivity contribution in [3.8, 4) is 0 Å². The van der Waals surface area contributed by atoms with E-state index in [-0.39, 0.29) is 5.82 Å². The van der Waals surface area contributed by atoms with Crippen LogP contribution in [-0.2, 0) is 5.75 Å². The summed E-state index contributed by atoms with van der Waals surface area (Å²) in [6.45, 7) is 7.44. The topological polar surface area (TPSA) is 12.0 Å². The number of thioether (sulfide) groups is 1. The maximum atomic E-state index is 13.7. The Balaban J connectivity index is 2.40. The second-order valence-electron chi connectivity index (χ2n) is 5.21.